The second kappa shape index (κ2) is 10.2. The summed E-state index contributed by atoms with van der Waals surface area (Å²) in [7, 11) is 0. The normalized spacial score (nSPS) is 13.7. The average molecular weight is 506 g/mol. The Bertz CT molecular complexity index is 1610. The predicted octanol–water partition coefficient (Wildman–Crippen LogP) is 5.85. The average Bonchev–Trinajstić information content (AvgIpc) is 3.33. The molecule has 6 heteroatoms. The van der Waals surface area contributed by atoms with E-state index in [1.54, 1.807) is 31.5 Å². The van der Waals surface area contributed by atoms with Gasteiger partial charge < -0.3 is 14.8 Å². The number of nitrogens with one attached hydrogen (secondary N) is 1. The van der Waals surface area contributed by atoms with Crippen molar-refractivity contribution in [3.63, 3.8) is 0 Å². The Morgan fingerprint density at radius 2 is 1.79 bits per heavy atom. The molecule has 0 bridgehead atoms. The first-order valence-corrected chi connectivity index (χ1v) is 12.7. The van der Waals surface area contributed by atoms with Gasteiger partial charge in [0.15, 0.2) is 0 Å². The zero-order valence-electron chi connectivity index (χ0n) is 22.0. The minimum absolute atomic E-state index is 0.108. The van der Waals surface area contributed by atoms with Crippen molar-refractivity contribution < 1.29 is 14.3 Å². The molecule has 3 aromatic heterocycles. The molecule has 0 aliphatic carbocycles. The second-order valence-electron chi connectivity index (χ2n) is 10.1. The molecule has 0 saturated heterocycles. The molecule has 2 N–H and O–H groups in total. The molecular weight excluding hydrogens is 474 g/mol. The van der Waals surface area contributed by atoms with E-state index in [1.165, 1.54) is 5.56 Å². The van der Waals surface area contributed by atoms with Crippen molar-refractivity contribution in [1.82, 2.24) is 15.3 Å². The van der Waals surface area contributed by atoms with Gasteiger partial charge in [-0.3, -0.25) is 9.78 Å². The van der Waals surface area contributed by atoms with Crippen LogP contribution in [0.15, 0.2) is 89.6 Å². The smallest absolute Gasteiger partial charge is 0.226 e. The van der Waals surface area contributed by atoms with Crippen LogP contribution in [0.1, 0.15) is 57.8 Å². The predicted molar refractivity (Wildman–Crippen MR) is 148 cm³/mol. The third-order valence-electron chi connectivity index (χ3n) is 6.91. The maximum Gasteiger partial charge on any atom is 0.226 e. The fourth-order valence-corrected chi connectivity index (χ4v) is 4.84. The number of pyridine rings is 2. The Labute approximate surface area is 222 Å². The molecular formula is C32H31N3O3. The first-order valence-electron chi connectivity index (χ1n) is 12.7. The van der Waals surface area contributed by atoms with Crippen molar-refractivity contribution in [2.45, 2.75) is 45.8 Å². The highest BCUT2D eigenvalue weighted by Gasteiger charge is 2.30. The minimum Gasteiger partial charge on any atom is -0.439 e. The van der Waals surface area contributed by atoms with Crippen molar-refractivity contribution >= 4 is 17.0 Å². The summed E-state index contributed by atoms with van der Waals surface area (Å²) in [5.74, 6) is 0.272. The molecule has 0 radical (unpaired) electrons. The summed E-state index contributed by atoms with van der Waals surface area (Å²) in [6.45, 7) is 7.69. The molecule has 38 heavy (non-hydrogen) atoms. The molecule has 2 aromatic carbocycles. The molecule has 0 spiro atoms. The van der Waals surface area contributed by atoms with Crippen LogP contribution in [0.25, 0.3) is 11.1 Å². The van der Waals surface area contributed by atoms with E-state index in [0.29, 0.717) is 17.0 Å². The van der Waals surface area contributed by atoms with Crippen LogP contribution in [-0.2, 0) is 16.8 Å². The van der Waals surface area contributed by atoms with Crippen LogP contribution < -0.4 is 5.32 Å². The summed E-state index contributed by atoms with van der Waals surface area (Å²) < 4.78 is 5.91. The first kappa shape index (κ1) is 25.4. The van der Waals surface area contributed by atoms with Crippen LogP contribution in [0, 0.1) is 20.8 Å². The summed E-state index contributed by atoms with van der Waals surface area (Å²) in [5.41, 5.74) is 5.71. The number of rotatable bonds is 7. The number of fused-ring (bicyclic) bond motifs is 1. The molecule has 0 fully saturated rings. The van der Waals surface area contributed by atoms with Crippen molar-refractivity contribution in [2.75, 3.05) is 0 Å². The van der Waals surface area contributed by atoms with E-state index >= 15 is 0 Å². The van der Waals surface area contributed by atoms with E-state index < -0.39 is 5.60 Å². The molecule has 192 valence electrons. The molecule has 0 saturated carbocycles. The van der Waals surface area contributed by atoms with E-state index in [-0.39, 0.29) is 18.4 Å². The van der Waals surface area contributed by atoms with Crippen molar-refractivity contribution in [3.05, 3.63) is 130 Å². The number of carbonyl (C=O) groups excluding carboxylic acids is 1. The van der Waals surface area contributed by atoms with Gasteiger partial charge in [0, 0.05) is 23.5 Å². The van der Waals surface area contributed by atoms with Gasteiger partial charge in [-0.15, -0.1) is 0 Å². The summed E-state index contributed by atoms with van der Waals surface area (Å²) >= 11 is 0. The van der Waals surface area contributed by atoms with E-state index in [0.717, 1.165) is 33.3 Å². The zero-order valence-corrected chi connectivity index (χ0v) is 22.0. The summed E-state index contributed by atoms with van der Waals surface area (Å²) in [6, 6.07) is 23.3. The van der Waals surface area contributed by atoms with Gasteiger partial charge in [-0.2, -0.15) is 0 Å². The van der Waals surface area contributed by atoms with Crippen LogP contribution in [0.5, 0.6) is 0 Å². The highest BCUT2D eigenvalue weighted by Crippen LogP contribution is 2.33. The van der Waals surface area contributed by atoms with E-state index in [1.807, 2.05) is 49.4 Å². The Hall–Kier alpha value is -4.29. The lowest BCUT2D eigenvalue weighted by Gasteiger charge is -2.22. The fourth-order valence-electron chi connectivity index (χ4n) is 4.84. The number of benzene rings is 2. The number of nitrogens with zero attached hydrogens (tertiary/aromatic N) is 2. The van der Waals surface area contributed by atoms with Crippen molar-refractivity contribution in [3.8, 4) is 0 Å². The topological polar surface area (TPSA) is 88.2 Å². The third-order valence-corrected chi connectivity index (χ3v) is 6.91. The second-order valence-corrected chi connectivity index (χ2v) is 10.1. The number of amides is 1. The Balaban J connectivity index is 1.39. The van der Waals surface area contributed by atoms with Crippen LogP contribution in [0.3, 0.4) is 0 Å². The lowest BCUT2D eigenvalue weighted by atomic mass is 9.93. The van der Waals surface area contributed by atoms with Gasteiger partial charge in [0.25, 0.3) is 0 Å². The SMILES string of the molecule is Cc1ccc(C(NC(=O)Cc2cnc3oc(C(C)(O)c4ccnc(C)c4)cc3c2)c2ccccc2)c(C)c1. The first-order chi connectivity index (χ1) is 18.2. The number of aromatic nitrogens is 2. The minimum atomic E-state index is -1.35. The molecule has 2 atom stereocenters. The summed E-state index contributed by atoms with van der Waals surface area (Å²) in [4.78, 5) is 21.9. The number of aryl methyl sites for hydroxylation is 3. The van der Waals surface area contributed by atoms with E-state index in [4.69, 9.17) is 4.42 Å². The van der Waals surface area contributed by atoms with Crippen molar-refractivity contribution in [2.24, 2.45) is 0 Å². The van der Waals surface area contributed by atoms with Gasteiger partial charge in [-0.1, -0.05) is 54.1 Å². The highest BCUT2D eigenvalue weighted by molar-refractivity contribution is 5.82. The Morgan fingerprint density at radius 1 is 1.00 bits per heavy atom. The third kappa shape index (κ3) is 5.22. The molecule has 1 amide bonds. The number of furan rings is 1. The van der Waals surface area contributed by atoms with Gasteiger partial charge >= 0.3 is 0 Å². The number of hydrogen-bond acceptors (Lipinski definition) is 5. The maximum atomic E-state index is 13.3. The monoisotopic (exact) mass is 505 g/mol. The molecule has 2 unspecified atom stereocenters. The van der Waals surface area contributed by atoms with Gasteiger partial charge in [0.05, 0.1) is 12.5 Å². The fraction of sp³-hybridized carbons (Fsp3) is 0.219. The standard InChI is InChI=1S/C32H31N3O3/c1-20-10-11-27(21(2)14-20)30(24-8-6-5-7-9-24)35-29(36)17-23-16-25-18-28(38-31(25)34-19-23)32(4,37)26-12-13-33-22(3)15-26/h5-16,18-19,30,37H,17H2,1-4H3,(H,35,36). The number of hydrogen-bond donors (Lipinski definition) is 2. The van der Waals surface area contributed by atoms with Crippen molar-refractivity contribution in [1.29, 1.82) is 0 Å². The van der Waals surface area contributed by atoms with Gasteiger partial charge in [-0.25, -0.2) is 4.98 Å². The number of carbonyl (C=O) groups is 1. The van der Waals surface area contributed by atoms with E-state index in [2.05, 4.69) is 47.3 Å². The Morgan fingerprint density at radius 3 is 2.53 bits per heavy atom. The van der Waals surface area contributed by atoms with E-state index in [9.17, 15) is 9.90 Å². The van der Waals surface area contributed by atoms with Gasteiger partial charge in [0.1, 0.15) is 11.4 Å². The highest BCUT2D eigenvalue weighted by atomic mass is 16.4. The van der Waals surface area contributed by atoms with Crippen LogP contribution >= 0.6 is 0 Å². The van der Waals surface area contributed by atoms with Gasteiger partial charge in [-0.05, 0) is 79.8 Å². The zero-order chi connectivity index (χ0) is 26.9. The quantitative estimate of drug-likeness (QED) is 0.290. The molecule has 5 rings (SSSR count). The molecule has 3 heterocycles. The lowest BCUT2D eigenvalue weighted by molar-refractivity contribution is -0.120. The van der Waals surface area contributed by atoms with Gasteiger partial charge in [0.2, 0.25) is 11.6 Å². The largest absolute Gasteiger partial charge is 0.439 e. The summed E-state index contributed by atoms with van der Waals surface area (Å²) in [6.07, 6.45) is 3.48. The number of aliphatic hydroxyl groups is 1. The van der Waals surface area contributed by atoms with Crippen LogP contribution in [0.4, 0.5) is 0 Å². The molecule has 0 aliphatic heterocycles. The molecule has 0 aliphatic rings. The lowest BCUT2D eigenvalue weighted by Crippen LogP contribution is -2.31. The maximum absolute atomic E-state index is 13.3. The summed E-state index contributed by atoms with van der Waals surface area (Å²) in [5, 5.41) is 15.2. The molecule has 5 aromatic rings. The van der Waals surface area contributed by atoms with Crippen LogP contribution in [-0.4, -0.2) is 21.0 Å². The molecule has 6 nitrogen and oxygen atoms in total. The van der Waals surface area contributed by atoms with Crippen LogP contribution in [0.2, 0.25) is 0 Å². The Kier molecular flexibility index (Phi) is 6.83.